The van der Waals surface area contributed by atoms with E-state index in [9.17, 15) is 10.2 Å². The zero-order chi connectivity index (χ0) is 15.4. The third kappa shape index (κ3) is 3.20. The number of phenolic OH excluding ortho intramolecular Hbond substituents is 2. The van der Waals surface area contributed by atoms with Crippen LogP contribution >= 0.6 is 0 Å². The second-order valence-electron chi connectivity index (χ2n) is 5.11. The number of phenols is 2. The number of benzene rings is 3. The van der Waals surface area contributed by atoms with Gasteiger partial charge in [0.15, 0.2) is 0 Å². The smallest absolute Gasteiger partial charge is 0.120 e. The monoisotopic (exact) mass is 291 g/mol. The van der Waals surface area contributed by atoms with E-state index >= 15 is 0 Å². The Morgan fingerprint density at radius 2 is 1.50 bits per heavy atom. The lowest BCUT2D eigenvalue weighted by atomic mass is 10.1. The summed E-state index contributed by atoms with van der Waals surface area (Å²) < 4.78 is 0. The first kappa shape index (κ1) is 14.0. The molecule has 3 N–H and O–H groups in total. The van der Waals surface area contributed by atoms with Crippen LogP contribution in [0.5, 0.6) is 11.5 Å². The number of anilines is 1. The maximum Gasteiger partial charge on any atom is 0.120 e. The minimum atomic E-state index is 0.263. The van der Waals surface area contributed by atoms with Crippen molar-refractivity contribution in [1.29, 1.82) is 0 Å². The van der Waals surface area contributed by atoms with E-state index in [2.05, 4.69) is 5.32 Å². The Hall–Kier alpha value is -2.94. The van der Waals surface area contributed by atoms with E-state index in [-0.39, 0.29) is 5.75 Å². The average Bonchev–Trinajstić information content (AvgIpc) is 2.55. The molecule has 0 aromatic heterocycles. The Balaban J connectivity index is 1.71. The second-order valence-corrected chi connectivity index (χ2v) is 5.11. The SMILES string of the molecule is Oc1cccc(-c2ccc(NCc3ccccc3O)cc2)c1. The third-order valence-corrected chi connectivity index (χ3v) is 3.54. The molecule has 0 aliphatic heterocycles. The molecule has 22 heavy (non-hydrogen) atoms. The average molecular weight is 291 g/mol. The van der Waals surface area contributed by atoms with Crippen LogP contribution in [0.4, 0.5) is 5.69 Å². The maximum absolute atomic E-state index is 9.74. The molecule has 0 atom stereocenters. The lowest BCUT2D eigenvalue weighted by Crippen LogP contribution is -1.99. The van der Waals surface area contributed by atoms with Crippen LogP contribution in [-0.4, -0.2) is 10.2 Å². The molecule has 110 valence electrons. The lowest BCUT2D eigenvalue weighted by Gasteiger charge is -2.09. The minimum absolute atomic E-state index is 0.263. The highest BCUT2D eigenvalue weighted by atomic mass is 16.3. The fourth-order valence-electron chi connectivity index (χ4n) is 2.32. The third-order valence-electron chi connectivity index (χ3n) is 3.54. The standard InChI is InChI=1S/C19H17NO2/c21-18-6-3-5-15(12-18)14-8-10-17(11-9-14)20-13-16-4-1-2-7-19(16)22/h1-12,20-22H,13H2. The molecule has 3 aromatic rings. The lowest BCUT2D eigenvalue weighted by molar-refractivity contribution is 0.469. The minimum Gasteiger partial charge on any atom is -0.508 e. The summed E-state index contributed by atoms with van der Waals surface area (Å²) in [5.41, 5.74) is 3.86. The second kappa shape index (κ2) is 6.22. The van der Waals surface area contributed by atoms with Crippen LogP contribution < -0.4 is 5.32 Å². The van der Waals surface area contributed by atoms with Crippen molar-refractivity contribution in [3.05, 3.63) is 78.4 Å². The molecule has 3 nitrogen and oxygen atoms in total. The van der Waals surface area contributed by atoms with Gasteiger partial charge in [-0.05, 0) is 41.5 Å². The van der Waals surface area contributed by atoms with Crippen molar-refractivity contribution in [3.63, 3.8) is 0 Å². The van der Waals surface area contributed by atoms with E-state index in [1.807, 2.05) is 54.6 Å². The Morgan fingerprint density at radius 1 is 0.727 bits per heavy atom. The van der Waals surface area contributed by atoms with Gasteiger partial charge in [-0.15, -0.1) is 0 Å². The van der Waals surface area contributed by atoms with Gasteiger partial charge in [0.2, 0.25) is 0 Å². The summed E-state index contributed by atoms with van der Waals surface area (Å²) in [5, 5.41) is 22.6. The molecular weight excluding hydrogens is 274 g/mol. The fourth-order valence-corrected chi connectivity index (χ4v) is 2.32. The molecule has 0 fully saturated rings. The van der Waals surface area contributed by atoms with Gasteiger partial charge in [-0.3, -0.25) is 0 Å². The highest BCUT2D eigenvalue weighted by Gasteiger charge is 2.01. The van der Waals surface area contributed by atoms with Crippen molar-refractivity contribution < 1.29 is 10.2 Å². The van der Waals surface area contributed by atoms with E-state index in [1.54, 1.807) is 18.2 Å². The topological polar surface area (TPSA) is 52.5 Å². The molecule has 0 radical (unpaired) electrons. The molecule has 0 amide bonds. The van der Waals surface area contributed by atoms with Gasteiger partial charge < -0.3 is 15.5 Å². The van der Waals surface area contributed by atoms with Crippen molar-refractivity contribution in [1.82, 2.24) is 0 Å². The van der Waals surface area contributed by atoms with Gasteiger partial charge in [-0.25, -0.2) is 0 Å². The summed E-state index contributed by atoms with van der Waals surface area (Å²) in [6.07, 6.45) is 0. The van der Waals surface area contributed by atoms with Crippen molar-refractivity contribution in [3.8, 4) is 22.6 Å². The first-order valence-electron chi connectivity index (χ1n) is 7.12. The van der Waals surface area contributed by atoms with Gasteiger partial charge in [0, 0.05) is 17.8 Å². The largest absolute Gasteiger partial charge is 0.508 e. The van der Waals surface area contributed by atoms with Crippen LogP contribution in [0, 0.1) is 0 Å². The Morgan fingerprint density at radius 3 is 2.23 bits per heavy atom. The summed E-state index contributed by atoms with van der Waals surface area (Å²) >= 11 is 0. The summed E-state index contributed by atoms with van der Waals surface area (Å²) in [6.45, 7) is 0.568. The van der Waals surface area contributed by atoms with E-state index in [0.29, 0.717) is 12.3 Å². The predicted molar refractivity (Wildman–Crippen MR) is 89.0 cm³/mol. The molecule has 0 aliphatic carbocycles. The molecule has 3 heteroatoms. The summed E-state index contributed by atoms with van der Waals surface area (Å²) in [5.74, 6) is 0.561. The molecule has 0 saturated heterocycles. The normalized spacial score (nSPS) is 10.4. The highest BCUT2D eigenvalue weighted by Crippen LogP contribution is 2.25. The van der Waals surface area contributed by atoms with Gasteiger partial charge in [0.1, 0.15) is 11.5 Å². The van der Waals surface area contributed by atoms with Gasteiger partial charge in [-0.2, -0.15) is 0 Å². The number of aromatic hydroxyl groups is 2. The molecule has 3 rings (SSSR count). The quantitative estimate of drug-likeness (QED) is 0.668. The molecule has 0 saturated carbocycles. The first-order valence-corrected chi connectivity index (χ1v) is 7.12. The van der Waals surface area contributed by atoms with E-state index in [0.717, 1.165) is 22.4 Å². The van der Waals surface area contributed by atoms with E-state index < -0.39 is 0 Å². The van der Waals surface area contributed by atoms with Crippen molar-refractivity contribution in [2.75, 3.05) is 5.32 Å². The van der Waals surface area contributed by atoms with Gasteiger partial charge in [0.05, 0.1) is 0 Å². The Kier molecular flexibility index (Phi) is 3.97. The van der Waals surface area contributed by atoms with Crippen molar-refractivity contribution in [2.45, 2.75) is 6.54 Å². The van der Waals surface area contributed by atoms with Gasteiger partial charge >= 0.3 is 0 Å². The molecule has 0 unspecified atom stereocenters. The Bertz CT molecular complexity index is 766. The van der Waals surface area contributed by atoms with Crippen LogP contribution in [0.25, 0.3) is 11.1 Å². The van der Waals surface area contributed by atoms with Crippen LogP contribution in [-0.2, 0) is 6.54 Å². The van der Waals surface area contributed by atoms with E-state index in [4.69, 9.17) is 0 Å². The number of hydrogen-bond donors (Lipinski definition) is 3. The van der Waals surface area contributed by atoms with Crippen LogP contribution in [0.1, 0.15) is 5.56 Å². The molecule has 3 aromatic carbocycles. The van der Waals surface area contributed by atoms with Crippen LogP contribution in [0.2, 0.25) is 0 Å². The summed E-state index contributed by atoms with van der Waals surface area (Å²) in [4.78, 5) is 0. The molecular formula is C19H17NO2. The predicted octanol–water partition coefficient (Wildman–Crippen LogP) is 4.38. The summed E-state index contributed by atoms with van der Waals surface area (Å²) in [7, 11) is 0. The zero-order valence-electron chi connectivity index (χ0n) is 12.0. The van der Waals surface area contributed by atoms with Crippen LogP contribution in [0.3, 0.4) is 0 Å². The highest BCUT2D eigenvalue weighted by molar-refractivity contribution is 5.67. The van der Waals surface area contributed by atoms with Crippen LogP contribution in [0.15, 0.2) is 72.8 Å². The molecule has 0 aliphatic rings. The molecule has 0 heterocycles. The van der Waals surface area contributed by atoms with Crippen molar-refractivity contribution in [2.24, 2.45) is 0 Å². The Labute approximate surface area is 129 Å². The number of nitrogens with one attached hydrogen (secondary N) is 1. The van der Waals surface area contributed by atoms with E-state index in [1.165, 1.54) is 0 Å². The fraction of sp³-hybridized carbons (Fsp3) is 0.0526. The summed E-state index contributed by atoms with van der Waals surface area (Å²) in [6, 6.07) is 22.5. The van der Waals surface area contributed by atoms with Gasteiger partial charge in [-0.1, -0.05) is 42.5 Å². The first-order chi connectivity index (χ1) is 10.7. The number of hydrogen-bond acceptors (Lipinski definition) is 3. The molecule has 0 spiro atoms. The number of para-hydroxylation sites is 1. The van der Waals surface area contributed by atoms with Gasteiger partial charge in [0.25, 0.3) is 0 Å². The maximum atomic E-state index is 9.74. The molecule has 0 bridgehead atoms. The number of rotatable bonds is 4. The van der Waals surface area contributed by atoms with Crippen molar-refractivity contribution >= 4 is 5.69 Å². The zero-order valence-corrected chi connectivity index (χ0v) is 12.0.